The van der Waals surface area contributed by atoms with E-state index >= 15 is 0 Å². The molecule has 3 rings (SSSR count). The molecule has 1 aromatic heterocycles. The lowest BCUT2D eigenvalue weighted by Gasteiger charge is -2.06. The molecule has 26 heavy (non-hydrogen) atoms. The van der Waals surface area contributed by atoms with Gasteiger partial charge in [-0.2, -0.15) is 0 Å². The van der Waals surface area contributed by atoms with Crippen molar-refractivity contribution in [2.45, 2.75) is 0 Å². The Kier molecular flexibility index (Phi) is 5.09. The lowest BCUT2D eigenvalue weighted by atomic mass is 10.1. The number of thiazole rings is 1. The molecule has 0 aliphatic heterocycles. The Morgan fingerprint density at radius 2 is 1.85 bits per heavy atom. The summed E-state index contributed by atoms with van der Waals surface area (Å²) >= 11 is 1.31. The topological polar surface area (TPSA) is 106 Å². The zero-order valence-corrected chi connectivity index (χ0v) is 14.4. The fourth-order valence-corrected chi connectivity index (χ4v) is 2.82. The number of carbonyl (C=O) groups excluding carboxylic acids is 1. The number of hydrogen-bond donors (Lipinski definition) is 2. The Morgan fingerprint density at radius 3 is 2.46 bits per heavy atom. The van der Waals surface area contributed by atoms with Gasteiger partial charge in [0.2, 0.25) is 5.13 Å². The lowest BCUT2D eigenvalue weighted by molar-refractivity contribution is -0.384. The van der Waals surface area contributed by atoms with E-state index in [1.165, 1.54) is 23.5 Å². The first-order chi connectivity index (χ1) is 12.6. The number of nitrogens with one attached hydrogen (secondary N) is 2. The van der Waals surface area contributed by atoms with Crippen molar-refractivity contribution >= 4 is 28.1 Å². The lowest BCUT2D eigenvalue weighted by Crippen LogP contribution is -2.29. The van der Waals surface area contributed by atoms with Crippen molar-refractivity contribution in [2.75, 3.05) is 12.5 Å². The van der Waals surface area contributed by atoms with Crippen LogP contribution >= 0.6 is 11.3 Å². The van der Waals surface area contributed by atoms with E-state index in [0.717, 1.165) is 5.56 Å². The van der Waals surface area contributed by atoms with Crippen molar-refractivity contribution in [3.63, 3.8) is 0 Å². The van der Waals surface area contributed by atoms with E-state index in [2.05, 4.69) is 15.8 Å². The second-order valence-electron chi connectivity index (χ2n) is 5.15. The summed E-state index contributed by atoms with van der Waals surface area (Å²) < 4.78 is 5.05. The molecule has 2 N–H and O–H groups in total. The number of methoxy groups -OCH3 is 1. The number of nitro benzene ring substituents is 1. The fraction of sp³-hybridized carbons (Fsp3) is 0.0588. The molecule has 0 aliphatic rings. The number of rotatable bonds is 6. The van der Waals surface area contributed by atoms with Gasteiger partial charge in [0.05, 0.1) is 17.7 Å². The van der Waals surface area contributed by atoms with Gasteiger partial charge in [0.1, 0.15) is 5.75 Å². The minimum Gasteiger partial charge on any atom is -0.497 e. The number of anilines is 1. The molecule has 0 bridgehead atoms. The van der Waals surface area contributed by atoms with Crippen molar-refractivity contribution in [2.24, 2.45) is 0 Å². The van der Waals surface area contributed by atoms with Crippen molar-refractivity contribution in [3.8, 4) is 17.0 Å². The summed E-state index contributed by atoms with van der Waals surface area (Å²) in [6, 6.07) is 12.8. The van der Waals surface area contributed by atoms with Crippen LogP contribution in [-0.4, -0.2) is 22.9 Å². The van der Waals surface area contributed by atoms with Crippen LogP contribution in [0.2, 0.25) is 0 Å². The van der Waals surface area contributed by atoms with Gasteiger partial charge < -0.3 is 4.74 Å². The van der Waals surface area contributed by atoms with Gasteiger partial charge in [-0.05, 0) is 36.4 Å². The highest BCUT2D eigenvalue weighted by Crippen LogP contribution is 2.26. The minimum absolute atomic E-state index is 0.0223. The molecule has 8 nitrogen and oxygen atoms in total. The highest BCUT2D eigenvalue weighted by molar-refractivity contribution is 7.14. The third-order valence-electron chi connectivity index (χ3n) is 3.51. The normalized spacial score (nSPS) is 10.2. The Balaban J connectivity index is 1.62. The molecule has 0 unspecified atom stereocenters. The number of non-ortho nitro benzene ring substituents is 1. The summed E-state index contributed by atoms with van der Waals surface area (Å²) in [5.74, 6) is 0.363. The maximum atomic E-state index is 12.1. The van der Waals surface area contributed by atoms with Gasteiger partial charge in [0.15, 0.2) is 0 Å². The fourth-order valence-electron chi connectivity index (χ4n) is 2.14. The Labute approximate surface area is 152 Å². The van der Waals surface area contributed by atoms with E-state index in [1.807, 2.05) is 0 Å². The average Bonchev–Trinajstić information content (AvgIpc) is 3.15. The van der Waals surface area contributed by atoms with Crippen LogP contribution < -0.4 is 15.6 Å². The molecule has 3 aromatic rings. The third-order valence-corrected chi connectivity index (χ3v) is 4.27. The van der Waals surface area contributed by atoms with Crippen molar-refractivity contribution in [1.82, 2.24) is 10.4 Å². The van der Waals surface area contributed by atoms with E-state index in [0.29, 0.717) is 22.1 Å². The maximum Gasteiger partial charge on any atom is 0.269 e. The van der Waals surface area contributed by atoms with Crippen LogP contribution in [-0.2, 0) is 0 Å². The Hall–Kier alpha value is -3.46. The van der Waals surface area contributed by atoms with E-state index in [9.17, 15) is 14.9 Å². The number of hydrogen-bond acceptors (Lipinski definition) is 7. The first-order valence-electron chi connectivity index (χ1n) is 7.47. The molecule has 0 saturated heterocycles. The van der Waals surface area contributed by atoms with Crippen LogP contribution in [0.5, 0.6) is 5.75 Å². The van der Waals surface area contributed by atoms with Crippen molar-refractivity contribution < 1.29 is 14.5 Å². The monoisotopic (exact) mass is 370 g/mol. The van der Waals surface area contributed by atoms with Crippen LogP contribution in [0.4, 0.5) is 10.8 Å². The van der Waals surface area contributed by atoms with Gasteiger partial charge in [-0.25, -0.2) is 4.98 Å². The molecule has 0 atom stereocenters. The zero-order valence-electron chi connectivity index (χ0n) is 13.6. The van der Waals surface area contributed by atoms with Crippen LogP contribution in [0, 0.1) is 10.1 Å². The largest absolute Gasteiger partial charge is 0.497 e. The molecule has 0 radical (unpaired) electrons. The van der Waals surface area contributed by atoms with Gasteiger partial charge in [0.25, 0.3) is 11.6 Å². The molecule has 0 spiro atoms. The number of ether oxygens (including phenoxy) is 1. The average molecular weight is 370 g/mol. The molecule has 0 saturated carbocycles. The van der Waals surface area contributed by atoms with Gasteiger partial charge in [-0.15, -0.1) is 11.3 Å². The van der Waals surface area contributed by atoms with E-state index in [1.54, 1.807) is 48.9 Å². The zero-order chi connectivity index (χ0) is 18.5. The molecular formula is C17H14N4O4S. The molecule has 1 amide bonds. The van der Waals surface area contributed by atoms with Crippen LogP contribution in [0.3, 0.4) is 0 Å². The second-order valence-corrected chi connectivity index (χ2v) is 6.01. The van der Waals surface area contributed by atoms with Gasteiger partial charge in [-0.1, -0.05) is 0 Å². The van der Waals surface area contributed by atoms with E-state index in [4.69, 9.17) is 4.74 Å². The summed E-state index contributed by atoms with van der Waals surface area (Å²) in [4.78, 5) is 26.7. The highest BCUT2D eigenvalue weighted by Gasteiger charge is 2.10. The second kappa shape index (κ2) is 7.62. The Bertz CT molecular complexity index is 923. The Morgan fingerprint density at radius 1 is 1.15 bits per heavy atom. The summed E-state index contributed by atoms with van der Waals surface area (Å²) in [5, 5.41) is 13.0. The first-order valence-corrected chi connectivity index (χ1v) is 8.35. The summed E-state index contributed by atoms with van der Waals surface area (Å²) in [5.41, 5.74) is 7.24. The van der Waals surface area contributed by atoms with Gasteiger partial charge >= 0.3 is 0 Å². The number of benzene rings is 2. The van der Waals surface area contributed by atoms with Crippen LogP contribution in [0.15, 0.2) is 53.9 Å². The molecule has 9 heteroatoms. The molecular weight excluding hydrogens is 356 g/mol. The van der Waals surface area contributed by atoms with E-state index < -0.39 is 4.92 Å². The SMILES string of the molecule is COc1ccc(C(=O)NNc2nc(-c3ccc([N+](=O)[O-])cc3)cs2)cc1. The number of carbonyl (C=O) groups is 1. The summed E-state index contributed by atoms with van der Waals surface area (Å²) in [6.07, 6.45) is 0. The quantitative estimate of drug-likeness (QED) is 0.508. The van der Waals surface area contributed by atoms with Crippen molar-refractivity contribution in [3.05, 3.63) is 69.6 Å². The number of hydrazine groups is 1. The van der Waals surface area contributed by atoms with Crippen LogP contribution in [0.1, 0.15) is 10.4 Å². The standard InChI is InChI=1S/C17H14N4O4S/c1-25-14-8-4-12(5-9-14)16(22)19-20-17-18-15(10-26-17)11-2-6-13(7-3-11)21(23)24/h2-10H,1H3,(H,18,20)(H,19,22). The van der Waals surface area contributed by atoms with Gasteiger partial charge in [0, 0.05) is 28.6 Å². The van der Waals surface area contributed by atoms with E-state index in [-0.39, 0.29) is 11.6 Å². The maximum absolute atomic E-state index is 12.1. The molecule has 0 aliphatic carbocycles. The number of nitro groups is 1. The number of nitrogens with zero attached hydrogens (tertiary/aromatic N) is 2. The molecule has 0 fully saturated rings. The first kappa shape index (κ1) is 17.4. The highest BCUT2D eigenvalue weighted by atomic mass is 32.1. The molecule has 1 heterocycles. The third kappa shape index (κ3) is 3.95. The number of aromatic nitrogens is 1. The smallest absolute Gasteiger partial charge is 0.269 e. The van der Waals surface area contributed by atoms with Gasteiger partial charge in [-0.3, -0.25) is 25.8 Å². The predicted molar refractivity (Wildman–Crippen MR) is 98.3 cm³/mol. The molecule has 132 valence electrons. The van der Waals surface area contributed by atoms with Crippen LogP contribution in [0.25, 0.3) is 11.3 Å². The minimum atomic E-state index is -0.452. The number of amides is 1. The van der Waals surface area contributed by atoms with Crippen molar-refractivity contribution in [1.29, 1.82) is 0 Å². The molecule has 2 aromatic carbocycles. The summed E-state index contributed by atoms with van der Waals surface area (Å²) in [7, 11) is 1.56. The predicted octanol–water partition coefficient (Wildman–Crippen LogP) is 3.48. The summed E-state index contributed by atoms with van der Waals surface area (Å²) in [6.45, 7) is 0.